The molecule has 2 aromatic heterocycles. The molecule has 0 aliphatic carbocycles. The molecule has 0 fully saturated rings. The van der Waals surface area contributed by atoms with Gasteiger partial charge in [0.2, 0.25) is 0 Å². The van der Waals surface area contributed by atoms with Crippen LogP contribution in [0.15, 0.2) is 34.1 Å². The lowest BCUT2D eigenvalue weighted by Crippen LogP contribution is -1.86. The zero-order chi connectivity index (χ0) is 10.5. The molecule has 0 bridgehead atoms. The highest BCUT2D eigenvalue weighted by atomic mass is 32.1. The Morgan fingerprint density at radius 1 is 1.20 bits per heavy atom. The molecule has 1 N–H and O–H groups in total. The van der Waals surface area contributed by atoms with E-state index in [2.05, 4.69) is 17.5 Å². The molecule has 0 aliphatic rings. The second-order valence-corrected chi connectivity index (χ2v) is 4.48. The molecule has 0 radical (unpaired) electrons. The van der Waals surface area contributed by atoms with Crippen molar-refractivity contribution in [2.45, 2.75) is 19.3 Å². The van der Waals surface area contributed by atoms with Gasteiger partial charge in [-0.3, -0.25) is 0 Å². The molecular formula is C12H14O2S. The van der Waals surface area contributed by atoms with Gasteiger partial charge in [0, 0.05) is 24.3 Å². The van der Waals surface area contributed by atoms with Crippen molar-refractivity contribution in [1.29, 1.82) is 0 Å². The Morgan fingerprint density at radius 2 is 2.07 bits per heavy atom. The zero-order valence-corrected chi connectivity index (χ0v) is 9.30. The van der Waals surface area contributed by atoms with Crippen LogP contribution in [-0.2, 0) is 12.8 Å². The van der Waals surface area contributed by atoms with Gasteiger partial charge in [-0.1, -0.05) is 6.07 Å². The SMILES string of the molecule is OCCCc1ccc(Cc2cccs2)o1. The van der Waals surface area contributed by atoms with E-state index in [-0.39, 0.29) is 6.61 Å². The lowest BCUT2D eigenvalue weighted by Gasteiger charge is -1.94. The summed E-state index contributed by atoms with van der Waals surface area (Å²) in [4.78, 5) is 1.32. The molecule has 2 heterocycles. The molecule has 2 rings (SSSR count). The molecule has 2 aromatic rings. The first-order valence-corrected chi connectivity index (χ1v) is 5.97. The number of furan rings is 1. The van der Waals surface area contributed by atoms with Crippen LogP contribution in [0.1, 0.15) is 22.8 Å². The first-order valence-electron chi connectivity index (χ1n) is 5.09. The number of rotatable bonds is 5. The minimum atomic E-state index is 0.223. The molecule has 80 valence electrons. The van der Waals surface area contributed by atoms with Gasteiger partial charge in [0.05, 0.1) is 0 Å². The summed E-state index contributed by atoms with van der Waals surface area (Å²) < 4.78 is 5.65. The maximum absolute atomic E-state index is 8.70. The van der Waals surface area contributed by atoms with E-state index in [1.54, 1.807) is 11.3 Å². The minimum Gasteiger partial charge on any atom is -0.466 e. The smallest absolute Gasteiger partial charge is 0.109 e. The highest BCUT2D eigenvalue weighted by Gasteiger charge is 2.03. The first-order chi connectivity index (χ1) is 7.38. The second-order valence-electron chi connectivity index (χ2n) is 3.45. The lowest BCUT2D eigenvalue weighted by atomic mass is 10.2. The largest absolute Gasteiger partial charge is 0.466 e. The van der Waals surface area contributed by atoms with Crippen molar-refractivity contribution >= 4 is 11.3 Å². The van der Waals surface area contributed by atoms with Crippen LogP contribution in [0, 0.1) is 0 Å². The number of thiophene rings is 1. The van der Waals surface area contributed by atoms with Gasteiger partial charge >= 0.3 is 0 Å². The van der Waals surface area contributed by atoms with Crippen LogP contribution in [0.25, 0.3) is 0 Å². The summed E-state index contributed by atoms with van der Waals surface area (Å²) in [6, 6.07) is 8.18. The van der Waals surface area contributed by atoms with E-state index in [0.717, 1.165) is 30.8 Å². The van der Waals surface area contributed by atoms with E-state index < -0.39 is 0 Å². The Morgan fingerprint density at radius 3 is 2.80 bits per heavy atom. The van der Waals surface area contributed by atoms with Gasteiger partial charge in [-0.25, -0.2) is 0 Å². The molecule has 3 heteroatoms. The first kappa shape index (κ1) is 10.5. The van der Waals surface area contributed by atoms with E-state index in [9.17, 15) is 0 Å². The minimum absolute atomic E-state index is 0.223. The number of aliphatic hydroxyl groups is 1. The molecule has 0 saturated carbocycles. The van der Waals surface area contributed by atoms with Crippen molar-refractivity contribution in [2.24, 2.45) is 0 Å². The summed E-state index contributed by atoms with van der Waals surface area (Å²) in [5.74, 6) is 1.97. The van der Waals surface area contributed by atoms with Crippen LogP contribution in [0.3, 0.4) is 0 Å². The van der Waals surface area contributed by atoms with Crippen molar-refractivity contribution in [3.05, 3.63) is 46.0 Å². The van der Waals surface area contributed by atoms with Gasteiger partial charge in [0.25, 0.3) is 0 Å². The molecule has 0 aromatic carbocycles. The number of aryl methyl sites for hydroxylation is 1. The third-order valence-corrected chi connectivity index (χ3v) is 3.10. The number of hydrogen-bond donors (Lipinski definition) is 1. The molecule has 0 unspecified atom stereocenters. The van der Waals surface area contributed by atoms with Crippen molar-refractivity contribution in [2.75, 3.05) is 6.61 Å². The van der Waals surface area contributed by atoms with Crippen molar-refractivity contribution < 1.29 is 9.52 Å². The second kappa shape index (κ2) is 5.14. The van der Waals surface area contributed by atoms with Crippen LogP contribution in [0.5, 0.6) is 0 Å². The lowest BCUT2D eigenvalue weighted by molar-refractivity contribution is 0.283. The van der Waals surface area contributed by atoms with E-state index in [1.807, 2.05) is 12.1 Å². The molecule has 2 nitrogen and oxygen atoms in total. The van der Waals surface area contributed by atoms with Gasteiger partial charge in [0.15, 0.2) is 0 Å². The Kier molecular flexibility index (Phi) is 3.59. The van der Waals surface area contributed by atoms with Gasteiger partial charge < -0.3 is 9.52 Å². The topological polar surface area (TPSA) is 33.4 Å². The fourth-order valence-electron chi connectivity index (χ4n) is 1.49. The molecule has 0 atom stereocenters. The maximum atomic E-state index is 8.70. The summed E-state index contributed by atoms with van der Waals surface area (Å²) in [5.41, 5.74) is 0. The van der Waals surface area contributed by atoms with Crippen LogP contribution >= 0.6 is 11.3 Å². The van der Waals surface area contributed by atoms with E-state index >= 15 is 0 Å². The summed E-state index contributed by atoms with van der Waals surface area (Å²) in [7, 11) is 0. The zero-order valence-electron chi connectivity index (χ0n) is 8.48. The highest BCUT2D eigenvalue weighted by Crippen LogP contribution is 2.17. The predicted molar refractivity (Wildman–Crippen MR) is 61.2 cm³/mol. The normalized spacial score (nSPS) is 10.7. The molecule has 0 aliphatic heterocycles. The van der Waals surface area contributed by atoms with Crippen molar-refractivity contribution in [3.63, 3.8) is 0 Å². The highest BCUT2D eigenvalue weighted by molar-refractivity contribution is 7.09. The quantitative estimate of drug-likeness (QED) is 0.844. The van der Waals surface area contributed by atoms with E-state index in [0.29, 0.717) is 0 Å². The summed E-state index contributed by atoms with van der Waals surface area (Å²) in [5, 5.41) is 10.8. The van der Waals surface area contributed by atoms with Crippen LogP contribution in [-0.4, -0.2) is 11.7 Å². The van der Waals surface area contributed by atoms with Crippen molar-refractivity contribution in [3.8, 4) is 0 Å². The summed E-state index contributed by atoms with van der Waals surface area (Å²) >= 11 is 1.74. The van der Waals surface area contributed by atoms with E-state index in [4.69, 9.17) is 9.52 Å². The Hall–Kier alpha value is -1.06. The van der Waals surface area contributed by atoms with Crippen LogP contribution in [0.2, 0.25) is 0 Å². The van der Waals surface area contributed by atoms with Gasteiger partial charge in [0.1, 0.15) is 11.5 Å². The Labute approximate surface area is 93.2 Å². The third-order valence-electron chi connectivity index (χ3n) is 2.23. The molecule has 15 heavy (non-hydrogen) atoms. The standard InChI is InChI=1S/C12H14O2S/c13-7-1-3-10-5-6-11(14-10)9-12-4-2-8-15-12/h2,4-6,8,13H,1,3,7,9H2. The summed E-state index contributed by atoms with van der Waals surface area (Å²) in [6.45, 7) is 0.223. The molecule has 0 saturated heterocycles. The molecule has 0 spiro atoms. The number of hydrogen-bond acceptors (Lipinski definition) is 3. The van der Waals surface area contributed by atoms with Crippen LogP contribution in [0.4, 0.5) is 0 Å². The molecular weight excluding hydrogens is 208 g/mol. The average molecular weight is 222 g/mol. The van der Waals surface area contributed by atoms with Crippen LogP contribution < -0.4 is 0 Å². The average Bonchev–Trinajstić information content (AvgIpc) is 2.87. The predicted octanol–water partition coefficient (Wildman–Crippen LogP) is 2.86. The van der Waals surface area contributed by atoms with Gasteiger partial charge in [-0.2, -0.15) is 0 Å². The van der Waals surface area contributed by atoms with Crippen molar-refractivity contribution in [1.82, 2.24) is 0 Å². The molecule has 0 amide bonds. The van der Waals surface area contributed by atoms with E-state index in [1.165, 1.54) is 4.88 Å². The monoisotopic (exact) mass is 222 g/mol. The fraction of sp³-hybridized carbons (Fsp3) is 0.333. The number of aliphatic hydroxyl groups excluding tert-OH is 1. The van der Waals surface area contributed by atoms with Gasteiger partial charge in [-0.15, -0.1) is 11.3 Å². The Balaban J connectivity index is 1.95. The Bertz CT molecular complexity index is 389. The summed E-state index contributed by atoms with van der Waals surface area (Å²) in [6.07, 6.45) is 2.46. The van der Waals surface area contributed by atoms with Gasteiger partial charge in [-0.05, 0) is 30.0 Å². The third kappa shape index (κ3) is 2.94. The fourth-order valence-corrected chi connectivity index (χ4v) is 2.20. The maximum Gasteiger partial charge on any atom is 0.109 e.